The molecule has 1 aromatic heterocycles. The van der Waals surface area contributed by atoms with Crippen LogP contribution in [0.2, 0.25) is 0 Å². The summed E-state index contributed by atoms with van der Waals surface area (Å²) in [5.74, 6) is 1.27. The van der Waals surface area contributed by atoms with Crippen LogP contribution in [0.1, 0.15) is 25.3 Å². The van der Waals surface area contributed by atoms with Gasteiger partial charge in [0.2, 0.25) is 0 Å². The Morgan fingerprint density at radius 1 is 1.33 bits per heavy atom. The molecular formula is C17H22N2S2. The lowest BCUT2D eigenvalue weighted by molar-refractivity contribution is 0.571. The van der Waals surface area contributed by atoms with E-state index in [2.05, 4.69) is 76.5 Å². The Balaban J connectivity index is 1.60. The third-order valence-corrected chi connectivity index (χ3v) is 7.56. The number of benzene rings is 1. The van der Waals surface area contributed by atoms with E-state index in [9.17, 15) is 0 Å². The van der Waals surface area contributed by atoms with E-state index in [1.165, 1.54) is 30.6 Å². The molecule has 0 saturated carbocycles. The molecule has 2 unspecified atom stereocenters. The van der Waals surface area contributed by atoms with Crippen LogP contribution >= 0.6 is 23.5 Å². The van der Waals surface area contributed by atoms with E-state index in [1.807, 2.05) is 12.5 Å². The van der Waals surface area contributed by atoms with Crippen molar-refractivity contribution < 1.29 is 0 Å². The normalized spacial score (nSPS) is 25.3. The van der Waals surface area contributed by atoms with Gasteiger partial charge < -0.3 is 4.57 Å². The lowest BCUT2D eigenvalue weighted by Gasteiger charge is -2.28. The van der Waals surface area contributed by atoms with E-state index in [1.54, 1.807) is 0 Å². The first kappa shape index (κ1) is 15.0. The van der Waals surface area contributed by atoms with Gasteiger partial charge in [-0.1, -0.05) is 37.3 Å². The number of hydrogen-bond donors (Lipinski definition) is 0. The van der Waals surface area contributed by atoms with E-state index in [0.717, 1.165) is 11.8 Å². The number of thioether (sulfide) groups is 2. The Labute approximate surface area is 135 Å². The molecule has 3 rings (SSSR count). The van der Waals surface area contributed by atoms with Crippen LogP contribution < -0.4 is 0 Å². The minimum atomic E-state index is 0.328. The molecule has 2 heterocycles. The third kappa shape index (κ3) is 4.07. The number of aromatic nitrogens is 2. The molecule has 1 saturated heterocycles. The van der Waals surface area contributed by atoms with Crippen LogP contribution in [0.5, 0.6) is 0 Å². The molecular weight excluding hydrogens is 296 g/mol. The summed E-state index contributed by atoms with van der Waals surface area (Å²) in [6, 6.07) is 10.8. The van der Waals surface area contributed by atoms with Crippen molar-refractivity contribution >= 4 is 23.5 Å². The van der Waals surface area contributed by atoms with Crippen LogP contribution in [0.25, 0.3) is 0 Å². The topological polar surface area (TPSA) is 17.8 Å². The minimum Gasteiger partial charge on any atom is -0.335 e. The van der Waals surface area contributed by atoms with Crippen LogP contribution in [-0.2, 0) is 13.0 Å². The van der Waals surface area contributed by atoms with Gasteiger partial charge in [0.05, 0.1) is 10.4 Å². The molecule has 2 nitrogen and oxygen atoms in total. The highest BCUT2D eigenvalue weighted by Gasteiger charge is 2.38. The molecule has 1 aromatic carbocycles. The van der Waals surface area contributed by atoms with Gasteiger partial charge in [0, 0.05) is 29.9 Å². The van der Waals surface area contributed by atoms with Crippen molar-refractivity contribution in [2.45, 2.75) is 42.1 Å². The number of hydrogen-bond acceptors (Lipinski definition) is 3. The Morgan fingerprint density at radius 3 is 2.86 bits per heavy atom. The van der Waals surface area contributed by atoms with E-state index in [0.29, 0.717) is 4.08 Å². The molecule has 1 aliphatic rings. The average Bonchev–Trinajstić information content (AvgIpc) is 3.11. The second-order valence-corrected chi connectivity index (χ2v) is 9.21. The van der Waals surface area contributed by atoms with Crippen LogP contribution in [0, 0.1) is 0 Å². The number of rotatable bonds is 6. The standard InChI is InChI=1S/C17H22N2S2/c1-15-12-20-17(21-15,13-19-11-10-18-14-19)9-5-8-16-6-3-2-4-7-16/h2-4,6-7,10-11,14-15H,5,8-9,12-13H2,1H3. The van der Waals surface area contributed by atoms with E-state index in [4.69, 9.17) is 0 Å². The predicted molar refractivity (Wildman–Crippen MR) is 93.8 cm³/mol. The van der Waals surface area contributed by atoms with Crippen molar-refractivity contribution in [3.63, 3.8) is 0 Å². The maximum atomic E-state index is 4.19. The van der Waals surface area contributed by atoms with Crippen LogP contribution in [0.4, 0.5) is 0 Å². The molecule has 0 radical (unpaired) electrons. The Hall–Kier alpha value is -0.870. The molecule has 0 bridgehead atoms. The molecule has 2 atom stereocenters. The highest BCUT2D eigenvalue weighted by atomic mass is 32.2. The van der Waals surface area contributed by atoms with Crippen molar-refractivity contribution in [2.75, 3.05) is 5.75 Å². The van der Waals surface area contributed by atoms with Gasteiger partial charge >= 0.3 is 0 Å². The zero-order valence-electron chi connectivity index (χ0n) is 12.4. The van der Waals surface area contributed by atoms with Gasteiger partial charge in [-0.15, -0.1) is 23.5 Å². The summed E-state index contributed by atoms with van der Waals surface area (Å²) in [7, 11) is 0. The number of aryl methyl sites for hydroxylation is 1. The molecule has 112 valence electrons. The second kappa shape index (κ2) is 6.93. The molecule has 21 heavy (non-hydrogen) atoms. The van der Waals surface area contributed by atoms with Gasteiger partial charge in [-0.05, 0) is 24.8 Å². The zero-order valence-corrected chi connectivity index (χ0v) is 14.1. The zero-order chi connectivity index (χ0) is 14.5. The number of nitrogens with zero attached hydrogens (tertiary/aromatic N) is 2. The van der Waals surface area contributed by atoms with E-state index in [-0.39, 0.29) is 0 Å². The molecule has 0 aliphatic carbocycles. The third-order valence-electron chi connectivity index (χ3n) is 3.85. The first-order chi connectivity index (χ1) is 10.3. The van der Waals surface area contributed by atoms with Crippen molar-refractivity contribution in [3.8, 4) is 0 Å². The summed E-state index contributed by atoms with van der Waals surface area (Å²) in [6.45, 7) is 3.42. The smallest absolute Gasteiger partial charge is 0.0946 e. The molecule has 2 aromatic rings. The molecule has 1 fully saturated rings. The maximum absolute atomic E-state index is 4.19. The second-order valence-electron chi connectivity index (χ2n) is 5.72. The summed E-state index contributed by atoms with van der Waals surface area (Å²) in [5, 5.41) is 0.759. The van der Waals surface area contributed by atoms with Crippen molar-refractivity contribution in [1.82, 2.24) is 9.55 Å². The van der Waals surface area contributed by atoms with E-state index < -0.39 is 0 Å². The van der Waals surface area contributed by atoms with Gasteiger partial charge in [-0.2, -0.15) is 0 Å². The van der Waals surface area contributed by atoms with Crippen molar-refractivity contribution in [1.29, 1.82) is 0 Å². The fourth-order valence-corrected chi connectivity index (χ4v) is 6.59. The first-order valence-corrected chi connectivity index (χ1v) is 9.44. The summed E-state index contributed by atoms with van der Waals surface area (Å²) >= 11 is 4.31. The quantitative estimate of drug-likeness (QED) is 0.782. The summed E-state index contributed by atoms with van der Waals surface area (Å²) in [6.07, 6.45) is 9.62. The minimum absolute atomic E-state index is 0.328. The summed E-state index contributed by atoms with van der Waals surface area (Å²) in [5.41, 5.74) is 1.45. The van der Waals surface area contributed by atoms with Gasteiger partial charge in [0.25, 0.3) is 0 Å². The molecule has 0 N–H and O–H groups in total. The van der Waals surface area contributed by atoms with Crippen LogP contribution in [-0.4, -0.2) is 24.6 Å². The van der Waals surface area contributed by atoms with Gasteiger partial charge in [0.1, 0.15) is 0 Å². The first-order valence-electron chi connectivity index (χ1n) is 7.57. The monoisotopic (exact) mass is 318 g/mol. The summed E-state index contributed by atoms with van der Waals surface area (Å²) < 4.78 is 2.56. The van der Waals surface area contributed by atoms with Crippen molar-refractivity contribution in [3.05, 3.63) is 54.6 Å². The lowest BCUT2D eigenvalue weighted by atomic mass is 10.1. The SMILES string of the molecule is CC1CSC(CCCc2ccccc2)(Cn2ccnc2)S1. The molecule has 0 amide bonds. The van der Waals surface area contributed by atoms with Gasteiger partial charge in [0.15, 0.2) is 0 Å². The average molecular weight is 319 g/mol. The van der Waals surface area contributed by atoms with E-state index >= 15 is 0 Å². The predicted octanol–water partition coefficient (Wildman–Crippen LogP) is 4.47. The fourth-order valence-electron chi connectivity index (χ4n) is 2.86. The van der Waals surface area contributed by atoms with Crippen molar-refractivity contribution in [2.24, 2.45) is 0 Å². The Morgan fingerprint density at radius 2 is 2.19 bits per heavy atom. The fraction of sp³-hybridized carbons (Fsp3) is 0.471. The highest BCUT2D eigenvalue weighted by molar-refractivity contribution is 8.21. The largest absolute Gasteiger partial charge is 0.335 e. The number of imidazole rings is 1. The molecule has 1 aliphatic heterocycles. The van der Waals surface area contributed by atoms with Crippen LogP contribution in [0.15, 0.2) is 49.1 Å². The molecule has 0 spiro atoms. The summed E-state index contributed by atoms with van der Waals surface area (Å²) in [4.78, 5) is 4.19. The highest BCUT2D eigenvalue weighted by Crippen LogP contribution is 2.51. The lowest BCUT2D eigenvalue weighted by Crippen LogP contribution is -2.24. The molecule has 4 heteroatoms. The maximum Gasteiger partial charge on any atom is 0.0946 e. The van der Waals surface area contributed by atoms with Gasteiger partial charge in [-0.25, -0.2) is 4.98 Å². The van der Waals surface area contributed by atoms with Crippen LogP contribution in [0.3, 0.4) is 0 Å². The van der Waals surface area contributed by atoms with Gasteiger partial charge in [-0.3, -0.25) is 0 Å². The Bertz CT molecular complexity index is 541. The Kier molecular flexibility index (Phi) is 4.96.